The monoisotopic (exact) mass is 545 g/mol. The fourth-order valence-corrected chi connectivity index (χ4v) is 5.95. The molecule has 2 fully saturated rings. The first kappa shape index (κ1) is 30.0. The van der Waals surface area contributed by atoms with Crippen LogP contribution >= 0.6 is 11.6 Å². The maximum Gasteiger partial charge on any atom is 0.317 e. The summed E-state index contributed by atoms with van der Waals surface area (Å²) < 4.78 is 6.39. The van der Waals surface area contributed by atoms with Gasteiger partial charge in [0.05, 0.1) is 12.7 Å². The smallest absolute Gasteiger partial charge is 0.317 e. The minimum absolute atomic E-state index is 0.0173. The van der Waals surface area contributed by atoms with Gasteiger partial charge in [-0.1, -0.05) is 55.8 Å². The molecule has 0 bridgehead atoms. The topological polar surface area (TPSA) is 114 Å². The second-order valence-corrected chi connectivity index (χ2v) is 10.8. The number of nitrogens with zero attached hydrogens (tertiary/aromatic N) is 3. The SMILES string of the molecule is CNCC(CC1CCCCC1)NC(=O)N1CCCC(C(OCCN/C(=N\C#N)NC)c2cccc(Cl)c2)C1. The molecular formula is C28H44ClN7O2. The Morgan fingerprint density at radius 3 is 2.76 bits per heavy atom. The van der Waals surface area contributed by atoms with Crippen LogP contribution in [0.3, 0.4) is 0 Å². The van der Waals surface area contributed by atoms with Crippen molar-refractivity contribution >= 4 is 23.6 Å². The zero-order valence-corrected chi connectivity index (χ0v) is 23.6. The molecule has 210 valence electrons. The largest absolute Gasteiger partial charge is 0.371 e. The second kappa shape index (κ2) is 16.4. The van der Waals surface area contributed by atoms with E-state index in [-0.39, 0.29) is 24.1 Å². The van der Waals surface area contributed by atoms with Crippen LogP contribution < -0.4 is 21.3 Å². The summed E-state index contributed by atoms with van der Waals surface area (Å²) in [6.07, 6.45) is 11.0. The molecule has 4 N–H and O–H groups in total. The molecule has 0 spiro atoms. The van der Waals surface area contributed by atoms with E-state index in [1.54, 1.807) is 13.2 Å². The van der Waals surface area contributed by atoms with Gasteiger partial charge in [-0.05, 0) is 49.9 Å². The van der Waals surface area contributed by atoms with Crippen molar-refractivity contribution in [1.29, 1.82) is 5.26 Å². The Labute approximate surface area is 232 Å². The molecule has 2 amide bonds. The van der Waals surface area contributed by atoms with Crippen molar-refractivity contribution in [2.45, 2.75) is 63.5 Å². The van der Waals surface area contributed by atoms with E-state index in [1.807, 2.05) is 36.2 Å². The third-order valence-electron chi connectivity index (χ3n) is 7.56. The van der Waals surface area contributed by atoms with Crippen LogP contribution in [-0.4, -0.2) is 69.8 Å². The highest BCUT2D eigenvalue weighted by Crippen LogP contribution is 2.34. The number of carbonyl (C=O) groups is 1. The van der Waals surface area contributed by atoms with Crippen LogP contribution in [0.25, 0.3) is 0 Å². The summed E-state index contributed by atoms with van der Waals surface area (Å²) in [6.45, 7) is 3.06. The number of likely N-dealkylation sites (tertiary alicyclic amines) is 1. The molecule has 1 saturated carbocycles. The Morgan fingerprint density at radius 1 is 1.24 bits per heavy atom. The van der Waals surface area contributed by atoms with Crippen LogP contribution in [0.1, 0.15) is 63.0 Å². The van der Waals surface area contributed by atoms with Gasteiger partial charge in [0.1, 0.15) is 0 Å². The number of ether oxygens (including phenoxy) is 1. The summed E-state index contributed by atoms with van der Waals surface area (Å²) in [5.74, 6) is 1.25. The third kappa shape index (κ3) is 9.64. The lowest BCUT2D eigenvalue weighted by atomic mass is 9.85. The normalized spacial score (nSPS) is 20.3. The molecule has 3 atom stereocenters. The number of urea groups is 1. The lowest BCUT2D eigenvalue weighted by Gasteiger charge is -2.38. The molecule has 38 heavy (non-hydrogen) atoms. The van der Waals surface area contributed by atoms with Gasteiger partial charge in [0.2, 0.25) is 12.2 Å². The number of piperidine rings is 1. The van der Waals surface area contributed by atoms with Crippen LogP contribution in [0.4, 0.5) is 4.79 Å². The van der Waals surface area contributed by atoms with Gasteiger partial charge < -0.3 is 30.9 Å². The molecule has 10 heteroatoms. The average molecular weight is 546 g/mol. The number of aliphatic imine (C=N–C) groups is 1. The maximum atomic E-state index is 13.4. The first-order valence-electron chi connectivity index (χ1n) is 14.0. The Balaban J connectivity index is 1.62. The molecule has 3 rings (SSSR count). The summed E-state index contributed by atoms with van der Waals surface area (Å²) in [4.78, 5) is 19.0. The van der Waals surface area contributed by atoms with E-state index in [0.717, 1.165) is 37.9 Å². The van der Waals surface area contributed by atoms with Gasteiger partial charge in [-0.3, -0.25) is 0 Å². The number of carbonyl (C=O) groups excluding carboxylic acids is 1. The summed E-state index contributed by atoms with van der Waals surface area (Å²) in [5, 5.41) is 22.0. The first-order chi connectivity index (χ1) is 18.5. The number of benzene rings is 1. The number of hydrogen-bond acceptors (Lipinski definition) is 5. The molecule has 0 radical (unpaired) electrons. The van der Waals surface area contributed by atoms with Crippen molar-refractivity contribution < 1.29 is 9.53 Å². The van der Waals surface area contributed by atoms with Crippen molar-refractivity contribution in [3.05, 3.63) is 34.9 Å². The van der Waals surface area contributed by atoms with E-state index in [2.05, 4.69) is 26.3 Å². The summed E-state index contributed by atoms with van der Waals surface area (Å²) in [5.41, 5.74) is 1.01. The minimum atomic E-state index is -0.201. The Morgan fingerprint density at radius 2 is 2.05 bits per heavy atom. The maximum absolute atomic E-state index is 13.4. The van der Waals surface area contributed by atoms with Gasteiger partial charge >= 0.3 is 6.03 Å². The van der Waals surface area contributed by atoms with E-state index >= 15 is 0 Å². The van der Waals surface area contributed by atoms with E-state index in [9.17, 15) is 4.79 Å². The number of amides is 2. The van der Waals surface area contributed by atoms with Crippen LogP contribution in [0.2, 0.25) is 5.02 Å². The van der Waals surface area contributed by atoms with Gasteiger partial charge in [-0.15, -0.1) is 4.99 Å². The quantitative estimate of drug-likeness (QED) is 0.144. The number of nitriles is 1. The molecule has 1 aromatic carbocycles. The average Bonchev–Trinajstić information content (AvgIpc) is 2.93. The van der Waals surface area contributed by atoms with Crippen molar-refractivity contribution in [2.24, 2.45) is 16.8 Å². The summed E-state index contributed by atoms with van der Waals surface area (Å²) in [6, 6.07) is 7.93. The molecule has 1 heterocycles. The zero-order valence-electron chi connectivity index (χ0n) is 22.8. The van der Waals surface area contributed by atoms with Gasteiger partial charge in [0.15, 0.2) is 0 Å². The third-order valence-corrected chi connectivity index (χ3v) is 7.80. The minimum Gasteiger partial charge on any atom is -0.371 e. The molecule has 1 aliphatic carbocycles. The van der Waals surface area contributed by atoms with E-state index in [4.69, 9.17) is 21.6 Å². The number of nitrogens with one attached hydrogen (secondary N) is 4. The second-order valence-electron chi connectivity index (χ2n) is 10.4. The molecule has 1 aliphatic heterocycles. The Hall–Kier alpha value is -2.54. The van der Waals surface area contributed by atoms with Crippen molar-refractivity contribution in [3.8, 4) is 6.19 Å². The van der Waals surface area contributed by atoms with Crippen molar-refractivity contribution in [2.75, 3.05) is 46.9 Å². The summed E-state index contributed by atoms with van der Waals surface area (Å²) >= 11 is 6.33. The fourth-order valence-electron chi connectivity index (χ4n) is 5.75. The molecule has 1 saturated heterocycles. The lowest BCUT2D eigenvalue weighted by Crippen LogP contribution is -2.52. The Bertz CT molecular complexity index is 932. The highest BCUT2D eigenvalue weighted by atomic mass is 35.5. The van der Waals surface area contributed by atoms with Gasteiger partial charge in [-0.25, -0.2) is 4.79 Å². The lowest BCUT2D eigenvalue weighted by molar-refractivity contribution is -0.00775. The predicted molar refractivity (Wildman–Crippen MR) is 152 cm³/mol. The molecule has 3 unspecified atom stereocenters. The van der Waals surface area contributed by atoms with Crippen molar-refractivity contribution in [3.63, 3.8) is 0 Å². The van der Waals surface area contributed by atoms with Crippen LogP contribution in [-0.2, 0) is 4.74 Å². The zero-order chi connectivity index (χ0) is 27.2. The highest BCUT2D eigenvalue weighted by Gasteiger charge is 2.32. The van der Waals surface area contributed by atoms with E-state index in [0.29, 0.717) is 36.6 Å². The van der Waals surface area contributed by atoms with Crippen molar-refractivity contribution in [1.82, 2.24) is 26.2 Å². The fraction of sp³-hybridized carbons (Fsp3) is 0.679. The van der Waals surface area contributed by atoms with Gasteiger partial charge in [0, 0.05) is 50.2 Å². The predicted octanol–water partition coefficient (Wildman–Crippen LogP) is 4.02. The number of likely N-dealkylation sites (N-methyl/N-ethyl adjacent to an activating group) is 1. The number of hydrogen-bond donors (Lipinski definition) is 4. The van der Waals surface area contributed by atoms with E-state index < -0.39 is 0 Å². The molecule has 1 aromatic rings. The highest BCUT2D eigenvalue weighted by molar-refractivity contribution is 6.30. The van der Waals surface area contributed by atoms with Crippen LogP contribution in [0, 0.1) is 23.3 Å². The van der Waals surface area contributed by atoms with Gasteiger partial charge in [0.25, 0.3) is 0 Å². The molecule has 2 aliphatic rings. The number of rotatable bonds is 11. The van der Waals surface area contributed by atoms with E-state index in [1.165, 1.54) is 32.1 Å². The summed E-state index contributed by atoms with van der Waals surface area (Å²) in [7, 11) is 3.65. The number of halogens is 1. The molecular weight excluding hydrogens is 502 g/mol. The molecule has 0 aromatic heterocycles. The Kier molecular flexibility index (Phi) is 13.0. The van der Waals surface area contributed by atoms with Crippen LogP contribution in [0.15, 0.2) is 29.3 Å². The molecule has 9 nitrogen and oxygen atoms in total. The first-order valence-corrected chi connectivity index (χ1v) is 14.4. The van der Waals surface area contributed by atoms with Crippen LogP contribution in [0.5, 0.6) is 0 Å². The number of guanidine groups is 1. The standard InChI is InChI=1S/C28H44ClN7O2/c1-31-18-25(16-21-8-4-3-5-9-21)35-28(37)36-14-7-11-23(19-36)26(22-10-6-12-24(29)17-22)38-15-13-33-27(32-2)34-20-30/h6,10,12,17,21,23,25-26,31H,3-5,7-9,11,13-16,18-19H2,1-2H3,(H,35,37)(H2,32,33,34). The van der Waals surface area contributed by atoms with Gasteiger partial charge in [-0.2, -0.15) is 5.26 Å².